The van der Waals surface area contributed by atoms with Crippen LogP contribution in [0.1, 0.15) is 30.3 Å². The quantitative estimate of drug-likeness (QED) is 0.525. The van der Waals surface area contributed by atoms with Crippen molar-refractivity contribution in [3.05, 3.63) is 36.2 Å². The standard InChI is InChI=1S/C21H20F3N9O2/c1-11(21(22,23)24)8-16(34)14-2-3-15-19(26-14)33(13-5-7-32(15)10-13)20(35)27-17-9-12(4-6-25-17)18-28-30-31-29-18/h2-4,6,9,11,13H,5,7-8,10H2,1H3,(H,25,27,35)(H,28,29,30,31)/t11-,13-/m0/s1. The van der Waals surface area contributed by atoms with Crippen LogP contribution in [-0.2, 0) is 0 Å². The molecule has 14 heteroatoms. The van der Waals surface area contributed by atoms with Crippen LogP contribution in [0.2, 0.25) is 0 Å². The fourth-order valence-electron chi connectivity index (χ4n) is 4.22. The van der Waals surface area contributed by atoms with Gasteiger partial charge in [0.1, 0.15) is 11.5 Å². The number of hydrogen-bond acceptors (Lipinski definition) is 8. The average molecular weight is 487 g/mol. The molecule has 3 aromatic heterocycles. The molecule has 2 bridgehead atoms. The second kappa shape index (κ2) is 8.60. The van der Waals surface area contributed by atoms with Crippen molar-refractivity contribution in [3.8, 4) is 11.4 Å². The molecule has 0 spiro atoms. The van der Waals surface area contributed by atoms with E-state index < -0.39 is 30.3 Å². The smallest absolute Gasteiger partial charge is 0.366 e. The van der Waals surface area contributed by atoms with Crippen LogP contribution in [0.5, 0.6) is 0 Å². The number of pyridine rings is 2. The summed E-state index contributed by atoms with van der Waals surface area (Å²) in [6.07, 6.45) is -3.04. The summed E-state index contributed by atoms with van der Waals surface area (Å²) in [6.45, 7) is 2.22. The first-order valence-corrected chi connectivity index (χ1v) is 10.9. The van der Waals surface area contributed by atoms with Crippen molar-refractivity contribution in [3.63, 3.8) is 0 Å². The summed E-state index contributed by atoms with van der Waals surface area (Å²) < 4.78 is 38.8. The number of rotatable bonds is 5. The minimum Gasteiger partial charge on any atom is -0.366 e. The maximum Gasteiger partial charge on any atom is 0.391 e. The summed E-state index contributed by atoms with van der Waals surface area (Å²) in [5, 5.41) is 16.4. The molecule has 35 heavy (non-hydrogen) atoms. The lowest BCUT2D eigenvalue weighted by atomic mass is 10.0. The predicted molar refractivity (Wildman–Crippen MR) is 118 cm³/mol. The van der Waals surface area contributed by atoms with Crippen molar-refractivity contribution in [2.24, 2.45) is 5.92 Å². The van der Waals surface area contributed by atoms with Gasteiger partial charge in [0.15, 0.2) is 11.6 Å². The van der Waals surface area contributed by atoms with Crippen LogP contribution in [0.25, 0.3) is 11.4 Å². The number of urea groups is 1. The summed E-state index contributed by atoms with van der Waals surface area (Å²) in [7, 11) is 0. The van der Waals surface area contributed by atoms with Crippen LogP contribution in [0.3, 0.4) is 0 Å². The molecule has 1 saturated heterocycles. The van der Waals surface area contributed by atoms with Crippen LogP contribution < -0.4 is 15.1 Å². The van der Waals surface area contributed by atoms with Crippen molar-refractivity contribution >= 4 is 29.1 Å². The zero-order chi connectivity index (χ0) is 24.7. The maximum atomic E-state index is 13.3. The molecule has 0 radical (unpaired) electrons. The molecule has 0 aliphatic carbocycles. The largest absolute Gasteiger partial charge is 0.391 e. The molecular formula is C21H20F3N9O2. The maximum absolute atomic E-state index is 13.3. The summed E-state index contributed by atoms with van der Waals surface area (Å²) >= 11 is 0. The molecule has 5 rings (SSSR count). The second-order valence-electron chi connectivity index (χ2n) is 8.46. The number of carbonyl (C=O) groups excluding carboxylic acids is 2. The first kappa shape index (κ1) is 22.7. The Bertz CT molecular complexity index is 1270. The van der Waals surface area contributed by atoms with Crippen LogP contribution in [0, 0.1) is 5.92 Å². The molecule has 0 unspecified atom stereocenters. The topological polar surface area (TPSA) is 133 Å². The number of halogens is 3. The number of fused-ring (bicyclic) bond motifs is 4. The Morgan fingerprint density at radius 3 is 2.86 bits per heavy atom. The van der Waals surface area contributed by atoms with Crippen molar-refractivity contribution in [1.29, 1.82) is 0 Å². The van der Waals surface area contributed by atoms with E-state index in [4.69, 9.17) is 0 Å². The van der Waals surface area contributed by atoms with E-state index in [0.717, 1.165) is 6.92 Å². The number of alkyl halides is 3. The van der Waals surface area contributed by atoms with E-state index in [1.807, 2.05) is 4.90 Å². The molecular weight excluding hydrogens is 467 g/mol. The monoisotopic (exact) mass is 487 g/mol. The third kappa shape index (κ3) is 4.38. The van der Waals surface area contributed by atoms with Gasteiger partial charge in [0, 0.05) is 31.3 Å². The molecule has 5 heterocycles. The Hall–Kier alpha value is -4.10. The summed E-state index contributed by atoms with van der Waals surface area (Å²) in [5.41, 5.74) is 1.11. The fraction of sp³-hybridized carbons (Fsp3) is 0.381. The van der Waals surface area contributed by atoms with Crippen LogP contribution in [0.15, 0.2) is 30.5 Å². The van der Waals surface area contributed by atoms with Gasteiger partial charge in [0.2, 0.25) is 5.82 Å². The van der Waals surface area contributed by atoms with E-state index in [-0.39, 0.29) is 23.4 Å². The zero-order valence-electron chi connectivity index (χ0n) is 18.5. The Morgan fingerprint density at radius 2 is 2.11 bits per heavy atom. The number of ketones is 1. The minimum absolute atomic E-state index is 0.114. The van der Waals surface area contributed by atoms with Crippen molar-refractivity contribution < 1.29 is 22.8 Å². The molecule has 0 saturated carbocycles. The van der Waals surface area contributed by atoms with Gasteiger partial charge in [-0.25, -0.2) is 14.8 Å². The molecule has 2 aliphatic heterocycles. The lowest BCUT2D eigenvalue weighted by molar-refractivity contribution is -0.168. The number of tetrazole rings is 1. The first-order valence-electron chi connectivity index (χ1n) is 10.9. The highest BCUT2D eigenvalue weighted by molar-refractivity contribution is 6.05. The van der Waals surface area contributed by atoms with Crippen molar-refractivity contribution in [2.75, 3.05) is 28.2 Å². The highest BCUT2D eigenvalue weighted by Crippen LogP contribution is 2.39. The number of carbonyl (C=O) groups is 2. The first-order chi connectivity index (χ1) is 16.7. The molecule has 2 amide bonds. The Balaban J connectivity index is 1.42. The Labute approximate surface area is 196 Å². The van der Waals surface area contributed by atoms with E-state index in [1.165, 1.54) is 17.2 Å². The average Bonchev–Trinajstić information content (AvgIpc) is 3.50. The second-order valence-corrected chi connectivity index (χ2v) is 8.46. The molecule has 182 valence electrons. The summed E-state index contributed by atoms with van der Waals surface area (Å²) in [4.78, 5) is 37.9. The Kier molecular flexibility index (Phi) is 5.57. The number of nitrogens with zero attached hydrogens (tertiary/aromatic N) is 7. The lowest BCUT2D eigenvalue weighted by Gasteiger charge is -2.35. The third-order valence-corrected chi connectivity index (χ3v) is 6.11. The molecule has 0 aromatic carbocycles. The van der Waals surface area contributed by atoms with Gasteiger partial charge in [-0.15, -0.1) is 10.2 Å². The van der Waals surface area contributed by atoms with Gasteiger partial charge >= 0.3 is 12.2 Å². The van der Waals surface area contributed by atoms with E-state index in [9.17, 15) is 22.8 Å². The zero-order valence-corrected chi connectivity index (χ0v) is 18.5. The highest BCUT2D eigenvalue weighted by Gasteiger charge is 2.41. The lowest BCUT2D eigenvalue weighted by Crippen LogP contribution is -2.48. The van der Waals surface area contributed by atoms with Gasteiger partial charge in [-0.2, -0.15) is 18.4 Å². The van der Waals surface area contributed by atoms with Crippen LogP contribution in [0.4, 0.5) is 35.3 Å². The van der Waals surface area contributed by atoms with Gasteiger partial charge in [0.25, 0.3) is 0 Å². The van der Waals surface area contributed by atoms with E-state index in [0.29, 0.717) is 36.6 Å². The molecule has 3 aromatic rings. The SMILES string of the molecule is C[C@@H](CC(=O)c1ccc2c(n1)N(C(=O)Nc1cc(-c3nn[nH]n3)ccn1)[C@H]1CCN2C1)C(F)(F)F. The fourth-order valence-corrected chi connectivity index (χ4v) is 4.22. The molecule has 2 N–H and O–H groups in total. The minimum atomic E-state index is -4.48. The van der Waals surface area contributed by atoms with Gasteiger partial charge in [-0.3, -0.25) is 15.0 Å². The number of amides is 2. The highest BCUT2D eigenvalue weighted by atomic mass is 19.4. The Morgan fingerprint density at radius 1 is 1.29 bits per heavy atom. The number of hydrogen-bond donors (Lipinski definition) is 2. The molecule has 2 atom stereocenters. The third-order valence-electron chi connectivity index (χ3n) is 6.11. The van der Waals surface area contributed by atoms with Gasteiger partial charge in [-0.1, -0.05) is 6.92 Å². The number of aromatic nitrogens is 6. The summed E-state index contributed by atoms with van der Waals surface area (Å²) in [6, 6.07) is 5.55. The van der Waals surface area contributed by atoms with Crippen LogP contribution >= 0.6 is 0 Å². The molecule has 11 nitrogen and oxygen atoms in total. The molecule has 2 aliphatic rings. The normalized spacial score (nSPS) is 17.8. The summed E-state index contributed by atoms with van der Waals surface area (Å²) in [5.74, 6) is -1.73. The van der Waals surface area contributed by atoms with Crippen LogP contribution in [-0.4, -0.2) is 67.7 Å². The number of nitrogens with one attached hydrogen (secondary N) is 2. The number of H-pyrrole nitrogens is 1. The number of aromatic amines is 1. The number of anilines is 3. The van der Waals surface area contributed by atoms with E-state index in [1.54, 1.807) is 18.2 Å². The van der Waals surface area contributed by atoms with Gasteiger partial charge in [0.05, 0.1) is 17.6 Å². The molecule has 1 fully saturated rings. The predicted octanol–water partition coefficient (Wildman–Crippen LogP) is 3.06. The number of Topliss-reactive ketones (excluding diaryl/α,β-unsaturated/α-hetero) is 1. The van der Waals surface area contributed by atoms with Crippen molar-refractivity contribution in [2.45, 2.75) is 32.0 Å². The van der Waals surface area contributed by atoms with Crippen molar-refractivity contribution in [1.82, 2.24) is 30.6 Å². The van der Waals surface area contributed by atoms with E-state index in [2.05, 4.69) is 35.9 Å². The van der Waals surface area contributed by atoms with Gasteiger partial charge in [-0.05, 0) is 35.9 Å². The van der Waals surface area contributed by atoms with Gasteiger partial charge < -0.3 is 4.90 Å². The van der Waals surface area contributed by atoms with E-state index >= 15 is 0 Å².